The van der Waals surface area contributed by atoms with Crippen LogP contribution >= 0.6 is 0 Å². The van der Waals surface area contributed by atoms with Crippen molar-refractivity contribution < 1.29 is 9.47 Å². The average Bonchev–Trinajstić information content (AvgIpc) is 3.02. The first-order chi connectivity index (χ1) is 11.7. The van der Waals surface area contributed by atoms with Gasteiger partial charge in [0, 0.05) is 13.6 Å². The summed E-state index contributed by atoms with van der Waals surface area (Å²) in [5.41, 5.74) is 1.03. The Morgan fingerprint density at radius 1 is 1.21 bits per heavy atom. The fourth-order valence-corrected chi connectivity index (χ4v) is 2.13. The lowest BCUT2D eigenvalue weighted by Crippen LogP contribution is -2.37. The molecule has 0 aliphatic heterocycles. The highest BCUT2D eigenvalue weighted by Gasteiger charge is 2.06. The maximum Gasteiger partial charge on any atom is 0.191 e. The minimum absolute atomic E-state index is 0.522. The Morgan fingerprint density at radius 3 is 2.62 bits per heavy atom. The molecule has 0 atom stereocenters. The molecule has 0 aliphatic carbocycles. The molecule has 0 aliphatic rings. The van der Waals surface area contributed by atoms with Gasteiger partial charge in [-0.15, -0.1) is 0 Å². The van der Waals surface area contributed by atoms with E-state index in [1.807, 2.05) is 32.2 Å². The topological polar surface area (TPSA) is 85.6 Å². The predicted octanol–water partition coefficient (Wildman–Crippen LogP) is 1.09. The molecular weight excluding hydrogens is 308 g/mol. The van der Waals surface area contributed by atoms with Gasteiger partial charge in [-0.3, -0.25) is 4.68 Å². The molecule has 2 rings (SSSR count). The summed E-state index contributed by atoms with van der Waals surface area (Å²) in [6.45, 7) is 3.87. The summed E-state index contributed by atoms with van der Waals surface area (Å²) in [6.07, 6.45) is 1.53. The van der Waals surface area contributed by atoms with Crippen LogP contribution in [0.5, 0.6) is 11.5 Å². The van der Waals surface area contributed by atoms with Crippen LogP contribution < -0.4 is 20.1 Å². The minimum Gasteiger partial charge on any atom is -0.493 e. The van der Waals surface area contributed by atoms with Crippen molar-refractivity contribution in [3.8, 4) is 11.5 Å². The van der Waals surface area contributed by atoms with Gasteiger partial charge < -0.3 is 20.1 Å². The van der Waals surface area contributed by atoms with Gasteiger partial charge in [0.05, 0.1) is 27.3 Å². The molecule has 8 nitrogen and oxygen atoms in total. The maximum atomic E-state index is 5.32. The van der Waals surface area contributed by atoms with Crippen LogP contribution in [0.25, 0.3) is 0 Å². The smallest absolute Gasteiger partial charge is 0.191 e. The summed E-state index contributed by atoms with van der Waals surface area (Å²) in [6, 6.07) is 5.77. The lowest BCUT2D eigenvalue weighted by atomic mass is 10.2. The number of guanidine groups is 1. The zero-order valence-electron chi connectivity index (χ0n) is 14.5. The van der Waals surface area contributed by atoms with Crippen LogP contribution in [-0.2, 0) is 20.1 Å². The Bertz CT molecular complexity index is 683. The first-order valence-corrected chi connectivity index (χ1v) is 7.73. The molecular formula is C16H24N6O2. The average molecular weight is 332 g/mol. The van der Waals surface area contributed by atoms with Gasteiger partial charge in [0.2, 0.25) is 0 Å². The lowest BCUT2D eigenvalue weighted by molar-refractivity contribution is 0.354. The minimum atomic E-state index is 0.522. The Hall–Kier alpha value is -2.77. The van der Waals surface area contributed by atoms with E-state index < -0.39 is 0 Å². The molecule has 2 aromatic rings. The molecule has 1 heterocycles. The van der Waals surface area contributed by atoms with Crippen molar-refractivity contribution >= 4 is 5.96 Å². The molecule has 0 fully saturated rings. The number of hydrogen-bond donors (Lipinski definition) is 2. The van der Waals surface area contributed by atoms with Crippen molar-refractivity contribution in [2.45, 2.75) is 20.0 Å². The van der Waals surface area contributed by atoms with Crippen LogP contribution in [0, 0.1) is 0 Å². The highest BCUT2D eigenvalue weighted by Crippen LogP contribution is 2.27. The van der Waals surface area contributed by atoms with Gasteiger partial charge >= 0.3 is 0 Å². The monoisotopic (exact) mass is 332 g/mol. The third kappa shape index (κ3) is 4.61. The van der Waals surface area contributed by atoms with Gasteiger partial charge in [-0.25, -0.2) is 9.98 Å². The van der Waals surface area contributed by atoms with Crippen LogP contribution in [0.3, 0.4) is 0 Å². The molecule has 130 valence electrons. The van der Waals surface area contributed by atoms with Crippen LogP contribution in [0.1, 0.15) is 18.3 Å². The van der Waals surface area contributed by atoms with Crippen molar-refractivity contribution in [3.05, 3.63) is 35.9 Å². The lowest BCUT2D eigenvalue weighted by Gasteiger charge is -2.12. The van der Waals surface area contributed by atoms with Crippen molar-refractivity contribution in [1.82, 2.24) is 25.4 Å². The maximum absolute atomic E-state index is 5.32. The van der Waals surface area contributed by atoms with E-state index in [1.165, 1.54) is 6.33 Å². The van der Waals surface area contributed by atoms with E-state index >= 15 is 0 Å². The van der Waals surface area contributed by atoms with E-state index in [0.717, 1.165) is 23.9 Å². The number of benzene rings is 1. The normalized spacial score (nSPS) is 11.2. The summed E-state index contributed by atoms with van der Waals surface area (Å²) in [5.74, 6) is 2.96. The van der Waals surface area contributed by atoms with Gasteiger partial charge in [-0.1, -0.05) is 6.07 Å². The number of hydrogen-bond acceptors (Lipinski definition) is 5. The van der Waals surface area contributed by atoms with Crippen molar-refractivity contribution in [1.29, 1.82) is 0 Å². The summed E-state index contributed by atoms with van der Waals surface area (Å²) >= 11 is 0. The van der Waals surface area contributed by atoms with E-state index in [9.17, 15) is 0 Å². The molecule has 24 heavy (non-hydrogen) atoms. The van der Waals surface area contributed by atoms with E-state index in [4.69, 9.17) is 9.47 Å². The Balaban J connectivity index is 2.03. The molecule has 2 N–H and O–H groups in total. The number of nitrogens with one attached hydrogen (secondary N) is 2. The molecule has 0 spiro atoms. The Kier molecular flexibility index (Phi) is 6.41. The Labute approximate surface area is 141 Å². The Morgan fingerprint density at radius 2 is 2.00 bits per heavy atom. The van der Waals surface area contributed by atoms with Crippen LogP contribution in [0.4, 0.5) is 0 Å². The first-order valence-electron chi connectivity index (χ1n) is 7.73. The van der Waals surface area contributed by atoms with Crippen LogP contribution in [0.15, 0.2) is 29.5 Å². The van der Waals surface area contributed by atoms with E-state index in [-0.39, 0.29) is 0 Å². The molecule has 0 unspecified atom stereocenters. The van der Waals surface area contributed by atoms with Crippen LogP contribution in [0.2, 0.25) is 0 Å². The highest BCUT2D eigenvalue weighted by atomic mass is 16.5. The van der Waals surface area contributed by atoms with Gasteiger partial charge in [0.15, 0.2) is 17.5 Å². The molecule has 0 amide bonds. The molecule has 0 radical (unpaired) electrons. The third-order valence-corrected chi connectivity index (χ3v) is 3.43. The van der Waals surface area contributed by atoms with Gasteiger partial charge in [-0.05, 0) is 24.6 Å². The molecule has 0 bridgehead atoms. The quantitative estimate of drug-likeness (QED) is 0.583. The fraction of sp³-hybridized carbons (Fsp3) is 0.438. The summed E-state index contributed by atoms with van der Waals surface area (Å²) < 4.78 is 12.3. The van der Waals surface area contributed by atoms with Crippen molar-refractivity contribution in [2.75, 3.05) is 20.8 Å². The number of nitrogens with zero attached hydrogens (tertiary/aromatic N) is 4. The molecule has 0 saturated heterocycles. The summed E-state index contributed by atoms with van der Waals surface area (Å²) in [7, 11) is 5.10. The van der Waals surface area contributed by atoms with Crippen LogP contribution in [-0.4, -0.2) is 41.5 Å². The van der Waals surface area contributed by atoms with Gasteiger partial charge in [0.1, 0.15) is 12.2 Å². The predicted molar refractivity (Wildman–Crippen MR) is 92.2 cm³/mol. The highest BCUT2D eigenvalue weighted by molar-refractivity contribution is 5.79. The second-order valence-electron chi connectivity index (χ2n) is 5.04. The van der Waals surface area contributed by atoms with Gasteiger partial charge in [0.25, 0.3) is 0 Å². The largest absolute Gasteiger partial charge is 0.493 e. The van der Waals surface area contributed by atoms with Gasteiger partial charge in [-0.2, -0.15) is 5.10 Å². The summed E-state index contributed by atoms with van der Waals surface area (Å²) in [4.78, 5) is 8.77. The molecule has 8 heteroatoms. The number of rotatable bonds is 7. The zero-order valence-corrected chi connectivity index (χ0v) is 14.5. The van der Waals surface area contributed by atoms with Crippen molar-refractivity contribution in [3.63, 3.8) is 0 Å². The molecule has 1 aromatic heterocycles. The first kappa shape index (κ1) is 17.6. The van der Waals surface area contributed by atoms with E-state index in [1.54, 1.807) is 18.9 Å². The summed E-state index contributed by atoms with van der Waals surface area (Å²) in [5, 5.41) is 10.5. The zero-order chi connectivity index (χ0) is 17.4. The number of aliphatic imine (C=N–C) groups is 1. The molecule has 1 aromatic carbocycles. The number of aryl methyl sites for hydroxylation is 1. The second-order valence-corrected chi connectivity index (χ2v) is 5.04. The van der Waals surface area contributed by atoms with E-state index in [2.05, 4.69) is 25.7 Å². The second kappa shape index (κ2) is 8.76. The standard InChI is InChI=1S/C16H24N6O2/c1-5-17-16(19-10-15-20-11-21-22(15)2)18-9-12-6-7-13(23-3)14(8-12)24-4/h6-8,11H,5,9-10H2,1-4H3,(H2,17,18,19). The van der Waals surface area contributed by atoms with Crippen molar-refractivity contribution in [2.24, 2.45) is 12.0 Å². The number of aromatic nitrogens is 3. The fourth-order valence-electron chi connectivity index (χ4n) is 2.13. The van der Waals surface area contributed by atoms with E-state index in [0.29, 0.717) is 24.6 Å². The third-order valence-electron chi connectivity index (χ3n) is 3.43. The number of methoxy groups -OCH3 is 2. The number of ether oxygens (including phenoxy) is 2. The molecule has 0 saturated carbocycles. The SMILES string of the molecule is CCNC(=NCc1ccc(OC)c(OC)c1)NCc1ncnn1C.